The molecule has 0 bridgehead atoms. The molecule has 2 amide bonds. The van der Waals surface area contributed by atoms with E-state index in [1.807, 2.05) is 34.9 Å². The third-order valence-electron chi connectivity index (χ3n) is 7.29. The molecule has 1 aromatic heterocycles. The highest BCUT2D eigenvalue weighted by atomic mass is 16.2. The van der Waals surface area contributed by atoms with Gasteiger partial charge in [-0.25, -0.2) is 9.97 Å². The van der Waals surface area contributed by atoms with Crippen molar-refractivity contribution >= 4 is 17.6 Å². The Bertz CT molecular complexity index is 1020. The predicted molar refractivity (Wildman–Crippen MR) is 127 cm³/mol. The summed E-state index contributed by atoms with van der Waals surface area (Å²) in [6.45, 7) is 6.66. The summed E-state index contributed by atoms with van der Waals surface area (Å²) < 4.78 is 0. The quantitative estimate of drug-likeness (QED) is 0.681. The maximum absolute atomic E-state index is 12.8. The van der Waals surface area contributed by atoms with E-state index in [9.17, 15) is 9.59 Å². The molecule has 3 aliphatic heterocycles. The molecule has 0 spiro atoms. The number of benzene rings is 1. The minimum Gasteiger partial charge on any atom is -0.341 e. The molecule has 5 rings (SSSR count). The first kappa shape index (κ1) is 22.0. The van der Waals surface area contributed by atoms with Crippen LogP contribution in [0.2, 0.25) is 0 Å². The number of amides is 2. The number of carbonyl (C=O) groups is 2. The lowest BCUT2D eigenvalue weighted by molar-refractivity contribution is -0.131. The summed E-state index contributed by atoms with van der Waals surface area (Å²) in [5, 5.41) is 0. The van der Waals surface area contributed by atoms with Gasteiger partial charge < -0.3 is 4.90 Å². The third-order valence-corrected chi connectivity index (χ3v) is 7.29. The maximum atomic E-state index is 12.8. The van der Waals surface area contributed by atoms with E-state index < -0.39 is 0 Å². The van der Waals surface area contributed by atoms with Crippen LogP contribution < -0.4 is 4.90 Å². The monoisotopic (exact) mass is 447 g/mol. The van der Waals surface area contributed by atoms with Gasteiger partial charge in [0.1, 0.15) is 11.6 Å². The highest BCUT2D eigenvalue weighted by molar-refractivity contribution is 5.95. The normalized spacial score (nSPS) is 21.0. The second-order valence-corrected chi connectivity index (χ2v) is 9.56. The maximum Gasteiger partial charge on any atom is 0.236 e. The van der Waals surface area contributed by atoms with E-state index in [0.717, 1.165) is 55.4 Å². The fourth-order valence-electron chi connectivity index (χ4n) is 5.33. The molecule has 33 heavy (non-hydrogen) atoms. The van der Waals surface area contributed by atoms with Gasteiger partial charge in [-0.1, -0.05) is 30.3 Å². The van der Waals surface area contributed by atoms with Crippen LogP contribution in [0, 0.1) is 6.92 Å². The minimum absolute atomic E-state index is 0.129. The van der Waals surface area contributed by atoms with Crippen molar-refractivity contribution in [2.24, 2.45) is 0 Å². The molecule has 1 aromatic carbocycles. The largest absolute Gasteiger partial charge is 0.341 e. The van der Waals surface area contributed by atoms with E-state index in [4.69, 9.17) is 9.97 Å². The van der Waals surface area contributed by atoms with Crippen molar-refractivity contribution in [2.45, 2.75) is 51.4 Å². The van der Waals surface area contributed by atoms with Gasteiger partial charge in [-0.3, -0.25) is 19.4 Å². The van der Waals surface area contributed by atoms with Gasteiger partial charge in [0.05, 0.1) is 6.54 Å². The van der Waals surface area contributed by atoms with Crippen molar-refractivity contribution in [1.29, 1.82) is 0 Å². The average molecular weight is 448 g/mol. The van der Waals surface area contributed by atoms with Crippen LogP contribution in [-0.4, -0.2) is 70.9 Å². The molecule has 0 N–H and O–H groups in total. The molecule has 0 radical (unpaired) electrons. The van der Waals surface area contributed by atoms with Gasteiger partial charge in [0.2, 0.25) is 11.8 Å². The Morgan fingerprint density at radius 1 is 1.06 bits per heavy atom. The van der Waals surface area contributed by atoms with E-state index in [-0.39, 0.29) is 17.7 Å². The van der Waals surface area contributed by atoms with Crippen LogP contribution in [0.15, 0.2) is 30.3 Å². The topological polar surface area (TPSA) is 69.6 Å². The number of hydrogen-bond donors (Lipinski definition) is 0. The third kappa shape index (κ3) is 4.78. The Morgan fingerprint density at radius 2 is 1.85 bits per heavy atom. The lowest BCUT2D eigenvalue weighted by Gasteiger charge is -2.30. The van der Waals surface area contributed by atoms with E-state index in [0.29, 0.717) is 32.5 Å². The molecule has 0 saturated carbocycles. The van der Waals surface area contributed by atoms with Crippen molar-refractivity contribution in [2.75, 3.05) is 44.2 Å². The molecule has 174 valence electrons. The molecule has 0 aliphatic carbocycles. The van der Waals surface area contributed by atoms with Crippen LogP contribution in [0.5, 0.6) is 0 Å². The number of rotatable bonds is 6. The van der Waals surface area contributed by atoms with Crippen LogP contribution >= 0.6 is 0 Å². The number of nitrogens with zero attached hydrogens (tertiary/aromatic N) is 5. The number of anilines is 1. The van der Waals surface area contributed by atoms with Gasteiger partial charge in [-0.05, 0) is 57.7 Å². The number of hydrogen-bond acceptors (Lipinski definition) is 5. The summed E-state index contributed by atoms with van der Waals surface area (Å²) >= 11 is 0. The Labute approximate surface area is 195 Å². The van der Waals surface area contributed by atoms with Crippen LogP contribution in [0.1, 0.15) is 54.2 Å². The zero-order chi connectivity index (χ0) is 22.8. The molecule has 2 fully saturated rings. The zero-order valence-electron chi connectivity index (χ0n) is 19.5. The predicted octanol–water partition coefficient (Wildman–Crippen LogP) is 2.72. The number of carbonyl (C=O) groups excluding carboxylic acids is 2. The highest BCUT2D eigenvalue weighted by Gasteiger charge is 2.33. The van der Waals surface area contributed by atoms with E-state index >= 15 is 0 Å². The van der Waals surface area contributed by atoms with Gasteiger partial charge in [-0.15, -0.1) is 0 Å². The van der Waals surface area contributed by atoms with Crippen molar-refractivity contribution in [1.82, 2.24) is 19.8 Å². The van der Waals surface area contributed by atoms with Crippen LogP contribution in [-0.2, 0) is 22.4 Å². The Balaban J connectivity index is 1.31. The summed E-state index contributed by atoms with van der Waals surface area (Å²) in [5.74, 6) is 2.04. The van der Waals surface area contributed by atoms with Gasteiger partial charge in [0.15, 0.2) is 0 Å². The Hall–Kier alpha value is -2.80. The highest BCUT2D eigenvalue weighted by Crippen LogP contribution is 2.32. The molecule has 3 aliphatic rings. The molecule has 1 atom stereocenters. The lowest BCUT2D eigenvalue weighted by atomic mass is 10.0. The second-order valence-electron chi connectivity index (χ2n) is 9.56. The zero-order valence-corrected chi connectivity index (χ0v) is 19.5. The molecule has 4 heterocycles. The number of aryl methyl sites for hydroxylation is 1. The summed E-state index contributed by atoms with van der Waals surface area (Å²) in [5.41, 5.74) is 3.27. The van der Waals surface area contributed by atoms with Crippen molar-refractivity contribution in [3.8, 4) is 0 Å². The second kappa shape index (κ2) is 9.59. The summed E-state index contributed by atoms with van der Waals surface area (Å²) in [6.07, 6.45) is 5.27. The van der Waals surface area contributed by atoms with Crippen molar-refractivity contribution in [3.63, 3.8) is 0 Å². The summed E-state index contributed by atoms with van der Waals surface area (Å²) in [6, 6.07) is 10.3. The molecular weight excluding hydrogens is 414 g/mol. The number of aromatic nitrogens is 2. The van der Waals surface area contributed by atoms with Gasteiger partial charge in [-0.2, -0.15) is 0 Å². The smallest absolute Gasteiger partial charge is 0.236 e. The average Bonchev–Trinajstić information content (AvgIpc) is 3.51. The molecule has 2 aromatic rings. The van der Waals surface area contributed by atoms with E-state index in [1.54, 1.807) is 0 Å². The first-order valence-corrected chi connectivity index (χ1v) is 12.3. The molecular formula is C26H33N5O2. The molecule has 0 unspecified atom stereocenters. The Kier molecular flexibility index (Phi) is 6.40. The first-order chi connectivity index (χ1) is 16.1. The van der Waals surface area contributed by atoms with Gasteiger partial charge >= 0.3 is 0 Å². The number of fused-ring (bicyclic) bond motifs is 1. The number of likely N-dealkylation sites (tertiary alicyclic amines) is 2. The fourth-order valence-corrected chi connectivity index (χ4v) is 5.33. The van der Waals surface area contributed by atoms with Crippen molar-refractivity contribution in [3.05, 3.63) is 53.0 Å². The van der Waals surface area contributed by atoms with Gasteiger partial charge in [0.25, 0.3) is 0 Å². The van der Waals surface area contributed by atoms with Crippen LogP contribution in [0.4, 0.5) is 5.82 Å². The molecule has 7 nitrogen and oxygen atoms in total. The first-order valence-electron chi connectivity index (χ1n) is 12.3. The SMILES string of the molecule is Cc1nc([C@@H]2CCN(C(=O)CN3CCCC3)C2)nc2c1CCC(=O)N2CCc1ccccc1. The molecule has 2 saturated heterocycles. The standard InChI is InChI=1S/C26H33N5O2/c1-19-22-9-10-23(32)31(16-11-20-7-3-2-4-8-20)26(22)28-25(27-19)21-12-15-30(17-21)24(33)18-29-13-5-6-14-29/h2-4,7-8,21H,5-6,9-18H2,1H3/t21-/m1/s1. The fraction of sp³-hybridized carbons (Fsp3) is 0.538. The van der Waals surface area contributed by atoms with Crippen LogP contribution in [0.3, 0.4) is 0 Å². The van der Waals surface area contributed by atoms with Gasteiger partial charge in [0, 0.05) is 43.2 Å². The van der Waals surface area contributed by atoms with Crippen LogP contribution in [0.25, 0.3) is 0 Å². The Morgan fingerprint density at radius 3 is 2.64 bits per heavy atom. The van der Waals surface area contributed by atoms with E-state index in [1.165, 1.54) is 18.4 Å². The summed E-state index contributed by atoms with van der Waals surface area (Å²) in [7, 11) is 0. The van der Waals surface area contributed by atoms with Crippen molar-refractivity contribution < 1.29 is 9.59 Å². The summed E-state index contributed by atoms with van der Waals surface area (Å²) in [4.78, 5) is 41.5. The lowest BCUT2D eigenvalue weighted by Crippen LogP contribution is -2.39. The minimum atomic E-state index is 0.129. The molecule has 7 heteroatoms. The van der Waals surface area contributed by atoms with E-state index in [2.05, 4.69) is 17.0 Å².